The SMILES string of the molecule is CC(C)(C)c1cc2c(c(C(C)(C)C)c1)OP(=O)([O][Al])Oc1c(cc(C(C)(C)C)cc1C(C)(C)C)C2.O. The number of fused-ring (bicyclic) bond motifs is 2. The van der Waals surface area contributed by atoms with Crippen LogP contribution < -0.4 is 9.05 Å². The Labute approximate surface area is 227 Å². The van der Waals surface area contributed by atoms with Crippen LogP contribution >= 0.6 is 7.82 Å². The van der Waals surface area contributed by atoms with Gasteiger partial charge in [0.05, 0.1) is 0 Å². The molecule has 0 bridgehead atoms. The second kappa shape index (κ2) is 9.79. The van der Waals surface area contributed by atoms with Gasteiger partial charge < -0.3 is 18.1 Å². The van der Waals surface area contributed by atoms with Gasteiger partial charge in [0.15, 0.2) is 0 Å². The van der Waals surface area contributed by atoms with E-state index in [1.54, 1.807) is 0 Å². The summed E-state index contributed by atoms with van der Waals surface area (Å²) in [7, 11) is -3.97. The third-order valence-corrected chi connectivity index (χ3v) is 8.44. The molecule has 1 heterocycles. The van der Waals surface area contributed by atoms with Crippen molar-refractivity contribution >= 4 is 24.4 Å². The molecule has 0 unspecified atom stereocenters. The smallest absolute Gasteiger partial charge is 0.417 e. The Morgan fingerprint density at radius 2 is 1.00 bits per heavy atom. The van der Waals surface area contributed by atoms with Crippen LogP contribution in [0.1, 0.15) is 116 Å². The van der Waals surface area contributed by atoms with Crippen molar-refractivity contribution in [3.05, 3.63) is 57.6 Å². The molecule has 0 saturated heterocycles. The van der Waals surface area contributed by atoms with Crippen molar-refractivity contribution in [3.8, 4) is 11.5 Å². The summed E-state index contributed by atoms with van der Waals surface area (Å²) in [6.45, 7) is 26.2. The average Bonchev–Trinajstić information content (AvgIpc) is 2.65. The Bertz CT molecular complexity index is 1090. The van der Waals surface area contributed by atoms with Gasteiger partial charge in [0.25, 0.3) is 0 Å². The largest absolute Gasteiger partial charge is 0.557 e. The standard InChI is InChI=1S/C29H43O4P.Al.H2O/c1-26(2,3)20-14-18-13-19-15-21(27(4,5)6)17-23(29(10,11)12)25(19)33-34(30,31)32-24(18)22(16-20)28(7,8)9;;/h14-17H,13H2,1-12H3,(H,30,31);;1H2/q;+1;/p-1. The highest BCUT2D eigenvalue weighted by atomic mass is 31.2. The highest BCUT2D eigenvalue weighted by molar-refractivity contribution is 7.50. The van der Waals surface area contributed by atoms with Gasteiger partial charge in [-0.25, -0.2) is 4.57 Å². The van der Waals surface area contributed by atoms with Crippen LogP contribution in [0.3, 0.4) is 0 Å². The van der Waals surface area contributed by atoms with E-state index in [0.717, 1.165) is 22.3 Å². The zero-order valence-electron chi connectivity index (χ0n) is 24.2. The number of hydrogen-bond acceptors (Lipinski definition) is 4. The summed E-state index contributed by atoms with van der Waals surface area (Å²) in [4.78, 5) is 0. The quantitative estimate of drug-likeness (QED) is 0.281. The topological polar surface area (TPSA) is 76.3 Å². The van der Waals surface area contributed by atoms with Crippen molar-refractivity contribution in [2.45, 2.75) is 111 Å². The summed E-state index contributed by atoms with van der Waals surface area (Å²) in [5.41, 5.74) is 5.86. The van der Waals surface area contributed by atoms with Crippen molar-refractivity contribution < 1.29 is 22.7 Å². The molecule has 198 valence electrons. The first-order chi connectivity index (χ1) is 15.7. The van der Waals surface area contributed by atoms with E-state index < -0.39 is 7.82 Å². The first-order valence-corrected chi connectivity index (χ1v) is 14.3. The maximum Gasteiger partial charge on any atom is 0.557 e. The normalized spacial score (nSPS) is 15.9. The molecule has 0 spiro atoms. The predicted molar refractivity (Wildman–Crippen MR) is 150 cm³/mol. The summed E-state index contributed by atoms with van der Waals surface area (Å²) in [5.74, 6) is 1.20. The predicted octanol–water partition coefficient (Wildman–Crippen LogP) is 7.62. The summed E-state index contributed by atoms with van der Waals surface area (Å²) in [6, 6.07) is 8.77. The number of phosphoric ester groups is 1. The Hall–Kier alpha value is -1.28. The zero-order chi connectivity index (χ0) is 26.8. The second-order valence-electron chi connectivity index (χ2n) is 13.9. The summed E-state index contributed by atoms with van der Waals surface area (Å²) >= 11 is 2.09. The van der Waals surface area contributed by atoms with E-state index in [-0.39, 0.29) is 27.1 Å². The Morgan fingerprint density at radius 3 is 1.25 bits per heavy atom. The molecule has 2 radical (unpaired) electrons. The van der Waals surface area contributed by atoms with Crippen molar-refractivity contribution in [2.75, 3.05) is 0 Å². The van der Waals surface area contributed by atoms with Gasteiger partial charge in [-0.05, 0) is 43.9 Å². The molecule has 1 aliphatic rings. The van der Waals surface area contributed by atoms with Crippen LogP contribution in [0.25, 0.3) is 0 Å². The van der Waals surface area contributed by atoms with Crippen LogP contribution in [0.15, 0.2) is 24.3 Å². The van der Waals surface area contributed by atoms with Gasteiger partial charge in [-0.2, -0.15) is 0 Å². The Balaban J connectivity index is 0.00000456. The number of benzene rings is 2. The van der Waals surface area contributed by atoms with E-state index in [2.05, 4.69) is 124 Å². The maximum absolute atomic E-state index is 13.9. The van der Waals surface area contributed by atoms with E-state index in [0.29, 0.717) is 17.9 Å². The maximum atomic E-state index is 13.9. The van der Waals surface area contributed by atoms with E-state index in [4.69, 9.17) is 12.6 Å². The minimum Gasteiger partial charge on any atom is -0.417 e. The highest BCUT2D eigenvalue weighted by Gasteiger charge is 2.38. The van der Waals surface area contributed by atoms with Gasteiger partial charge >= 0.3 is 24.4 Å². The molecule has 0 atom stereocenters. The lowest BCUT2D eigenvalue weighted by Crippen LogP contribution is -2.23. The van der Waals surface area contributed by atoms with Gasteiger partial charge in [0, 0.05) is 17.5 Å². The van der Waals surface area contributed by atoms with Crippen molar-refractivity contribution in [1.29, 1.82) is 0 Å². The van der Waals surface area contributed by atoms with Crippen LogP contribution in [-0.2, 0) is 36.2 Å². The van der Waals surface area contributed by atoms with Gasteiger partial charge in [0.1, 0.15) is 11.5 Å². The van der Waals surface area contributed by atoms with E-state index in [1.165, 1.54) is 11.1 Å². The van der Waals surface area contributed by atoms with Crippen LogP contribution in [-0.4, -0.2) is 22.1 Å². The average molecular weight is 531 g/mol. The highest BCUT2D eigenvalue weighted by Crippen LogP contribution is 2.56. The third kappa shape index (κ3) is 6.40. The van der Waals surface area contributed by atoms with Crippen molar-refractivity contribution in [2.24, 2.45) is 0 Å². The lowest BCUT2D eigenvalue weighted by atomic mass is 9.76. The summed E-state index contributed by atoms with van der Waals surface area (Å²) < 4.78 is 31.7. The molecule has 2 aromatic rings. The number of phosphoric acid groups is 1. The first-order valence-electron chi connectivity index (χ1n) is 12.4. The Morgan fingerprint density at radius 1 is 0.667 bits per heavy atom. The van der Waals surface area contributed by atoms with Crippen molar-refractivity contribution in [3.63, 3.8) is 0 Å². The fourth-order valence-electron chi connectivity index (χ4n) is 4.33. The van der Waals surface area contributed by atoms with Crippen LogP contribution in [0.4, 0.5) is 0 Å². The zero-order valence-corrected chi connectivity index (χ0v) is 26.2. The molecule has 7 heteroatoms. The molecule has 0 aromatic heterocycles. The molecule has 2 N–H and O–H groups in total. The van der Waals surface area contributed by atoms with Crippen LogP contribution in [0.5, 0.6) is 11.5 Å². The molecule has 3 rings (SSSR count). The molecule has 2 aromatic carbocycles. The van der Waals surface area contributed by atoms with Crippen molar-refractivity contribution in [1.82, 2.24) is 0 Å². The van der Waals surface area contributed by atoms with E-state index in [9.17, 15) is 4.57 Å². The third-order valence-electron chi connectivity index (χ3n) is 6.60. The van der Waals surface area contributed by atoms with Gasteiger partial charge in [0.2, 0.25) is 0 Å². The van der Waals surface area contributed by atoms with E-state index >= 15 is 0 Å². The van der Waals surface area contributed by atoms with Crippen LogP contribution in [0.2, 0.25) is 0 Å². The molecular formula is C29H44AlO5P. The molecule has 0 aliphatic carbocycles. The first kappa shape index (κ1) is 30.9. The summed E-state index contributed by atoms with van der Waals surface area (Å²) in [5, 5.41) is 0. The number of rotatable bonds is 1. The molecule has 0 amide bonds. The minimum atomic E-state index is -3.97. The fraction of sp³-hybridized carbons (Fsp3) is 0.586. The second-order valence-corrected chi connectivity index (χ2v) is 16.0. The Kier molecular flexibility index (Phi) is 8.42. The number of hydrogen-bond donors (Lipinski definition) is 0. The summed E-state index contributed by atoms with van der Waals surface area (Å²) in [6.07, 6.45) is 0.613. The fourth-order valence-corrected chi connectivity index (χ4v) is 5.59. The lowest BCUT2D eigenvalue weighted by Gasteiger charge is -2.35. The van der Waals surface area contributed by atoms with Gasteiger partial charge in [-0.3, -0.25) is 0 Å². The molecule has 5 nitrogen and oxygen atoms in total. The van der Waals surface area contributed by atoms with Crippen LogP contribution in [0, 0.1) is 0 Å². The molecule has 36 heavy (non-hydrogen) atoms. The minimum absolute atomic E-state index is 0. The van der Waals surface area contributed by atoms with Gasteiger partial charge in [-0.1, -0.05) is 107 Å². The lowest BCUT2D eigenvalue weighted by molar-refractivity contribution is 0.296. The molecular weight excluding hydrogens is 486 g/mol. The monoisotopic (exact) mass is 530 g/mol. The van der Waals surface area contributed by atoms with E-state index in [1.807, 2.05) is 0 Å². The molecule has 0 fully saturated rings. The van der Waals surface area contributed by atoms with Gasteiger partial charge in [-0.15, -0.1) is 0 Å². The molecule has 1 aliphatic heterocycles. The molecule has 0 saturated carbocycles.